The maximum Gasteiger partial charge on any atom is 0.171 e. The summed E-state index contributed by atoms with van der Waals surface area (Å²) in [7, 11) is 0. The van der Waals surface area contributed by atoms with E-state index < -0.39 is 5.60 Å². The summed E-state index contributed by atoms with van der Waals surface area (Å²) < 4.78 is 5.97. The van der Waals surface area contributed by atoms with E-state index in [1.165, 1.54) is 0 Å². The molecule has 0 aromatic carbocycles. The van der Waals surface area contributed by atoms with Crippen molar-refractivity contribution in [2.24, 2.45) is 5.92 Å². The summed E-state index contributed by atoms with van der Waals surface area (Å²) in [4.78, 5) is 15.0. The van der Waals surface area contributed by atoms with Gasteiger partial charge in [0.1, 0.15) is 5.60 Å². The van der Waals surface area contributed by atoms with Crippen LogP contribution in [0.5, 0.6) is 0 Å². The second kappa shape index (κ2) is 5.05. The summed E-state index contributed by atoms with van der Waals surface area (Å²) in [6.45, 7) is 15.4. The van der Waals surface area contributed by atoms with Gasteiger partial charge in [0.05, 0.1) is 11.5 Å². The van der Waals surface area contributed by atoms with Crippen LogP contribution in [0.2, 0.25) is 0 Å². The Balaban J connectivity index is 2.08. The summed E-state index contributed by atoms with van der Waals surface area (Å²) in [5.74, 6) is 0.251. The number of hydrogen-bond acceptors (Lipinski definition) is 4. The van der Waals surface area contributed by atoms with Gasteiger partial charge in [0, 0.05) is 30.1 Å². The first-order valence-electron chi connectivity index (χ1n) is 7.24. The van der Waals surface area contributed by atoms with Gasteiger partial charge < -0.3 is 9.64 Å². The minimum Gasteiger partial charge on any atom is -0.361 e. The van der Waals surface area contributed by atoms with E-state index in [0.717, 1.165) is 19.6 Å². The minimum atomic E-state index is -0.629. The topological polar surface area (TPSA) is 29.5 Å². The maximum atomic E-state index is 12.5. The van der Waals surface area contributed by atoms with Crippen LogP contribution in [0, 0.1) is 5.92 Å². The van der Waals surface area contributed by atoms with Crippen molar-refractivity contribution in [2.45, 2.75) is 63.2 Å². The maximum absolute atomic E-state index is 12.5. The first kappa shape index (κ1) is 15.3. The largest absolute Gasteiger partial charge is 0.361 e. The highest BCUT2D eigenvalue weighted by atomic mass is 32.2. The van der Waals surface area contributed by atoms with Gasteiger partial charge in [-0.2, -0.15) is 11.8 Å². The molecule has 3 unspecified atom stereocenters. The van der Waals surface area contributed by atoms with Gasteiger partial charge in [0.25, 0.3) is 0 Å². The van der Waals surface area contributed by atoms with Crippen LogP contribution in [0.15, 0.2) is 0 Å². The van der Waals surface area contributed by atoms with E-state index in [2.05, 4.69) is 32.6 Å². The molecule has 2 aliphatic rings. The Morgan fingerprint density at radius 2 is 1.74 bits per heavy atom. The predicted molar refractivity (Wildman–Crippen MR) is 80.7 cm³/mol. The first-order chi connectivity index (χ1) is 8.62. The molecule has 2 fully saturated rings. The molecule has 3 atom stereocenters. The van der Waals surface area contributed by atoms with Crippen LogP contribution in [0.25, 0.3) is 0 Å². The number of carbonyl (C=O) groups is 1. The average molecular weight is 285 g/mol. The third-order valence-electron chi connectivity index (χ3n) is 4.20. The van der Waals surface area contributed by atoms with Crippen LogP contribution in [-0.4, -0.2) is 52.0 Å². The standard InChI is InChI=1S/C15H27NO2S/c1-10-7-16(8-11(2)19-10)9-12-13(17)15(5,6)18-14(12,3)4/h10-12H,7-9H2,1-6H3. The fourth-order valence-electron chi connectivity index (χ4n) is 3.51. The lowest BCUT2D eigenvalue weighted by Crippen LogP contribution is -2.47. The molecule has 0 radical (unpaired) electrons. The highest BCUT2D eigenvalue weighted by molar-refractivity contribution is 8.00. The van der Waals surface area contributed by atoms with Crippen LogP contribution in [0.3, 0.4) is 0 Å². The van der Waals surface area contributed by atoms with Crippen LogP contribution < -0.4 is 0 Å². The van der Waals surface area contributed by atoms with E-state index in [-0.39, 0.29) is 17.3 Å². The Kier molecular flexibility index (Phi) is 4.07. The van der Waals surface area contributed by atoms with E-state index in [4.69, 9.17) is 4.74 Å². The molecule has 2 rings (SSSR count). The number of ether oxygens (including phenoxy) is 1. The predicted octanol–water partition coefficient (Wildman–Crippen LogP) is 2.58. The molecular weight excluding hydrogens is 258 g/mol. The monoisotopic (exact) mass is 285 g/mol. The zero-order valence-electron chi connectivity index (χ0n) is 13.0. The molecule has 3 nitrogen and oxygen atoms in total. The third-order valence-corrected chi connectivity index (χ3v) is 5.43. The molecule has 2 saturated heterocycles. The molecule has 0 bridgehead atoms. The number of carbonyl (C=O) groups excluding carboxylic acids is 1. The number of ketones is 1. The molecule has 0 spiro atoms. The van der Waals surface area contributed by atoms with Gasteiger partial charge in [-0.15, -0.1) is 0 Å². The molecule has 0 saturated carbocycles. The fraction of sp³-hybridized carbons (Fsp3) is 0.933. The molecule has 0 amide bonds. The minimum absolute atomic E-state index is 0.00926. The Morgan fingerprint density at radius 1 is 1.21 bits per heavy atom. The van der Waals surface area contributed by atoms with Crippen LogP contribution in [0.1, 0.15) is 41.5 Å². The normalized spacial score (nSPS) is 38.6. The summed E-state index contributed by atoms with van der Waals surface area (Å²) in [5, 5.41) is 1.30. The Morgan fingerprint density at radius 3 is 2.16 bits per heavy atom. The molecule has 0 aromatic heterocycles. The van der Waals surface area contributed by atoms with E-state index in [1.807, 2.05) is 25.6 Å². The van der Waals surface area contributed by atoms with Crippen molar-refractivity contribution in [1.29, 1.82) is 0 Å². The van der Waals surface area contributed by atoms with Gasteiger partial charge >= 0.3 is 0 Å². The zero-order valence-corrected chi connectivity index (χ0v) is 13.8. The van der Waals surface area contributed by atoms with Gasteiger partial charge in [0.15, 0.2) is 5.78 Å². The van der Waals surface area contributed by atoms with Crippen molar-refractivity contribution in [3.8, 4) is 0 Å². The summed E-state index contributed by atoms with van der Waals surface area (Å²) in [6.07, 6.45) is 0. The molecule has 110 valence electrons. The van der Waals surface area contributed by atoms with Crippen molar-refractivity contribution in [3.05, 3.63) is 0 Å². The summed E-state index contributed by atoms with van der Waals surface area (Å²) >= 11 is 2.05. The number of Topliss-reactive ketones (excluding diaryl/α,β-unsaturated/α-hetero) is 1. The lowest BCUT2D eigenvalue weighted by Gasteiger charge is -2.37. The van der Waals surface area contributed by atoms with Crippen LogP contribution in [0.4, 0.5) is 0 Å². The van der Waals surface area contributed by atoms with E-state index in [0.29, 0.717) is 10.5 Å². The lowest BCUT2D eigenvalue weighted by atomic mass is 9.85. The Labute approximate surface area is 121 Å². The lowest BCUT2D eigenvalue weighted by molar-refractivity contribution is -0.132. The molecule has 19 heavy (non-hydrogen) atoms. The highest BCUT2D eigenvalue weighted by Gasteiger charge is 2.53. The quantitative estimate of drug-likeness (QED) is 0.780. The van der Waals surface area contributed by atoms with E-state index in [1.54, 1.807) is 0 Å². The Hall–Kier alpha value is -0.0600. The van der Waals surface area contributed by atoms with E-state index in [9.17, 15) is 4.79 Å². The van der Waals surface area contributed by atoms with Gasteiger partial charge in [-0.3, -0.25) is 4.79 Å². The first-order valence-corrected chi connectivity index (χ1v) is 8.18. The van der Waals surface area contributed by atoms with Gasteiger partial charge in [-0.1, -0.05) is 13.8 Å². The second-order valence-corrected chi connectivity index (χ2v) is 8.99. The smallest absolute Gasteiger partial charge is 0.171 e. The summed E-state index contributed by atoms with van der Waals surface area (Å²) in [6, 6.07) is 0. The SMILES string of the molecule is CC1CN(CC2C(=O)C(C)(C)OC2(C)C)CC(C)S1. The molecule has 2 aliphatic heterocycles. The van der Waals surface area contributed by atoms with Crippen LogP contribution >= 0.6 is 11.8 Å². The highest BCUT2D eigenvalue weighted by Crippen LogP contribution is 2.40. The Bertz CT molecular complexity index is 357. The molecule has 2 heterocycles. The molecule has 4 heteroatoms. The third kappa shape index (κ3) is 3.17. The average Bonchev–Trinajstić information content (AvgIpc) is 2.35. The van der Waals surface area contributed by atoms with Gasteiger partial charge in [-0.25, -0.2) is 0 Å². The number of nitrogens with zero attached hydrogens (tertiary/aromatic N) is 1. The van der Waals surface area contributed by atoms with Crippen molar-refractivity contribution in [1.82, 2.24) is 4.90 Å². The van der Waals surface area contributed by atoms with Crippen molar-refractivity contribution in [2.75, 3.05) is 19.6 Å². The molecule has 0 aromatic rings. The molecule has 0 N–H and O–H groups in total. The van der Waals surface area contributed by atoms with Crippen molar-refractivity contribution in [3.63, 3.8) is 0 Å². The number of hydrogen-bond donors (Lipinski definition) is 0. The molecular formula is C15H27NO2S. The van der Waals surface area contributed by atoms with E-state index >= 15 is 0 Å². The zero-order chi connectivity index (χ0) is 14.4. The summed E-state index contributed by atoms with van der Waals surface area (Å²) in [5.41, 5.74) is -0.979. The molecule has 0 aliphatic carbocycles. The van der Waals surface area contributed by atoms with Crippen LogP contribution in [-0.2, 0) is 9.53 Å². The van der Waals surface area contributed by atoms with Crippen molar-refractivity contribution < 1.29 is 9.53 Å². The van der Waals surface area contributed by atoms with Gasteiger partial charge in [0.2, 0.25) is 0 Å². The number of thioether (sulfide) groups is 1. The fourth-order valence-corrected chi connectivity index (χ4v) is 4.90. The second-order valence-electron chi connectivity index (χ2n) is 7.11. The van der Waals surface area contributed by atoms with Crippen molar-refractivity contribution >= 4 is 17.5 Å². The van der Waals surface area contributed by atoms with Gasteiger partial charge in [-0.05, 0) is 27.7 Å². The number of rotatable bonds is 2.